The van der Waals surface area contributed by atoms with Crippen LogP contribution in [0.1, 0.15) is 67.9 Å². The molecule has 0 bridgehead atoms. The second-order valence-corrected chi connectivity index (χ2v) is 4.75. The summed E-state index contributed by atoms with van der Waals surface area (Å²) in [5, 5.41) is 0. The Labute approximate surface area is 105 Å². The van der Waals surface area contributed by atoms with Crippen LogP contribution in [0.4, 0.5) is 0 Å². The van der Waals surface area contributed by atoms with Gasteiger partial charge in [0.05, 0.1) is 0 Å². The zero-order valence-electron chi connectivity index (χ0n) is 11.4. The van der Waals surface area contributed by atoms with Crippen molar-refractivity contribution < 1.29 is 4.79 Å². The third-order valence-corrected chi connectivity index (χ3v) is 3.21. The summed E-state index contributed by atoms with van der Waals surface area (Å²) >= 11 is 0. The molecule has 0 saturated heterocycles. The highest BCUT2D eigenvalue weighted by atomic mass is 16.1. The molecule has 1 nitrogen and oxygen atoms in total. The Hall–Kier alpha value is -1.11. The molecule has 0 aromatic heterocycles. The van der Waals surface area contributed by atoms with E-state index < -0.39 is 0 Å². The minimum atomic E-state index is 0.171. The van der Waals surface area contributed by atoms with Crippen molar-refractivity contribution in [3.05, 3.63) is 34.9 Å². The summed E-state index contributed by atoms with van der Waals surface area (Å²) in [5.74, 6) is 0.171. The van der Waals surface area contributed by atoms with Crippen molar-refractivity contribution in [3.8, 4) is 0 Å². The highest BCUT2D eigenvalue weighted by molar-refractivity contribution is 5.94. The first-order valence-electron chi connectivity index (χ1n) is 6.81. The van der Waals surface area contributed by atoms with Gasteiger partial charge in [-0.25, -0.2) is 0 Å². The van der Waals surface area contributed by atoms with Crippen molar-refractivity contribution in [2.75, 3.05) is 0 Å². The number of rotatable bonds is 7. The van der Waals surface area contributed by atoms with Gasteiger partial charge in [0, 0.05) is 5.56 Å². The molecule has 0 unspecified atom stereocenters. The van der Waals surface area contributed by atoms with E-state index in [1.165, 1.54) is 36.8 Å². The van der Waals surface area contributed by atoms with E-state index in [1.807, 2.05) is 6.07 Å². The Balaban J connectivity index is 2.90. The van der Waals surface area contributed by atoms with Gasteiger partial charge in [-0.2, -0.15) is 0 Å². The molecule has 94 valence electrons. The predicted molar refractivity (Wildman–Crippen MR) is 73.7 cm³/mol. The molecule has 1 heteroatoms. The van der Waals surface area contributed by atoms with Crippen LogP contribution in [0.3, 0.4) is 0 Å². The highest BCUT2D eigenvalue weighted by Crippen LogP contribution is 2.17. The highest BCUT2D eigenvalue weighted by Gasteiger charge is 2.06. The summed E-state index contributed by atoms with van der Waals surface area (Å²) in [5.41, 5.74) is 3.68. The number of hydrogen-bond donors (Lipinski definition) is 0. The Bertz CT molecular complexity index is 366. The Morgan fingerprint density at radius 1 is 1.00 bits per heavy atom. The largest absolute Gasteiger partial charge is 0.295 e. The first kappa shape index (κ1) is 14.0. The number of ketones is 1. The average Bonchev–Trinajstić information content (AvgIpc) is 2.34. The van der Waals surface area contributed by atoms with E-state index in [9.17, 15) is 4.79 Å². The SMILES string of the molecule is CCCCc1ccc(C(C)=O)cc1CCCC. The molecule has 1 aromatic carbocycles. The minimum Gasteiger partial charge on any atom is -0.295 e. The molecular formula is C16H24O. The van der Waals surface area contributed by atoms with E-state index in [2.05, 4.69) is 26.0 Å². The molecule has 0 aliphatic carbocycles. The normalized spacial score (nSPS) is 10.5. The van der Waals surface area contributed by atoms with Crippen LogP contribution in [0.2, 0.25) is 0 Å². The van der Waals surface area contributed by atoms with Gasteiger partial charge in [-0.1, -0.05) is 38.8 Å². The van der Waals surface area contributed by atoms with Crippen LogP contribution < -0.4 is 0 Å². The smallest absolute Gasteiger partial charge is 0.159 e. The van der Waals surface area contributed by atoms with Gasteiger partial charge in [0.1, 0.15) is 0 Å². The van der Waals surface area contributed by atoms with E-state index >= 15 is 0 Å². The van der Waals surface area contributed by atoms with Gasteiger partial charge in [0.2, 0.25) is 0 Å². The minimum absolute atomic E-state index is 0.171. The third kappa shape index (κ3) is 4.33. The van der Waals surface area contributed by atoms with Crippen molar-refractivity contribution >= 4 is 5.78 Å². The molecule has 1 aromatic rings. The Morgan fingerprint density at radius 3 is 2.12 bits per heavy atom. The molecule has 0 spiro atoms. The van der Waals surface area contributed by atoms with Crippen LogP contribution in [0, 0.1) is 0 Å². The molecule has 0 aliphatic heterocycles. The van der Waals surface area contributed by atoms with E-state index in [0.717, 1.165) is 18.4 Å². The van der Waals surface area contributed by atoms with Crippen LogP contribution in [-0.4, -0.2) is 5.78 Å². The van der Waals surface area contributed by atoms with Crippen molar-refractivity contribution in [1.82, 2.24) is 0 Å². The Morgan fingerprint density at radius 2 is 1.59 bits per heavy atom. The lowest BCUT2D eigenvalue weighted by molar-refractivity contribution is 0.101. The lowest BCUT2D eigenvalue weighted by Crippen LogP contribution is -2.00. The number of benzene rings is 1. The zero-order chi connectivity index (χ0) is 12.7. The molecule has 0 fully saturated rings. The first-order chi connectivity index (χ1) is 8.19. The van der Waals surface area contributed by atoms with E-state index in [1.54, 1.807) is 6.92 Å². The summed E-state index contributed by atoms with van der Waals surface area (Å²) in [6.07, 6.45) is 7.13. The van der Waals surface area contributed by atoms with Gasteiger partial charge in [-0.3, -0.25) is 4.79 Å². The van der Waals surface area contributed by atoms with Crippen LogP contribution in [0.25, 0.3) is 0 Å². The lowest BCUT2D eigenvalue weighted by Gasteiger charge is -2.10. The summed E-state index contributed by atoms with van der Waals surface area (Å²) in [4.78, 5) is 11.4. The number of unbranched alkanes of at least 4 members (excludes halogenated alkanes) is 2. The lowest BCUT2D eigenvalue weighted by atomic mass is 9.95. The molecule has 0 N–H and O–H groups in total. The monoisotopic (exact) mass is 232 g/mol. The molecule has 0 heterocycles. The van der Waals surface area contributed by atoms with Crippen LogP contribution in [0.5, 0.6) is 0 Å². The fraction of sp³-hybridized carbons (Fsp3) is 0.562. The molecule has 0 radical (unpaired) electrons. The molecule has 1 rings (SSSR count). The molecule has 0 amide bonds. The summed E-state index contributed by atoms with van der Waals surface area (Å²) in [6.45, 7) is 6.07. The van der Waals surface area contributed by atoms with E-state index in [4.69, 9.17) is 0 Å². The van der Waals surface area contributed by atoms with Crippen molar-refractivity contribution in [3.63, 3.8) is 0 Å². The second-order valence-electron chi connectivity index (χ2n) is 4.75. The van der Waals surface area contributed by atoms with Crippen LogP contribution >= 0.6 is 0 Å². The number of aryl methyl sites for hydroxylation is 2. The van der Waals surface area contributed by atoms with Crippen molar-refractivity contribution in [1.29, 1.82) is 0 Å². The third-order valence-electron chi connectivity index (χ3n) is 3.21. The van der Waals surface area contributed by atoms with E-state index in [-0.39, 0.29) is 5.78 Å². The average molecular weight is 232 g/mol. The topological polar surface area (TPSA) is 17.1 Å². The van der Waals surface area contributed by atoms with Gasteiger partial charge >= 0.3 is 0 Å². The fourth-order valence-electron chi connectivity index (χ4n) is 2.06. The summed E-state index contributed by atoms with van der Waals surface area (Å²) in [6, 6.07) is 6.23. The molecular weight excluding hydrogens is 208 g/mol. The molecule has 17 heavy (non-hydrogen) atoms. The maximum Gasteiger partial charge on any atom is 0.159 e. The number of Topliss-reactive ketones (excluding diaryl/α,β-unsaturated/α-hetero) is 1. The first-order valence-corrected chi connectivity index (χ1v) is 6.81. The van der Waals surface area contributed by atoms with Gasteiger partial charge in [0.15, 0.2) is 5.78 Å². The zero-order valence-corrected chi connectivity index (χ0v) is 11.4. The quantitative estimate of drug-likeness (QED) is 0.629. The fourth-order valence-corrected chi connectivity index (χ4v) is 2.06. The number of hydrogen-bond acceptors (Lipinski definition) is 1. The van der Waals surface area contributed by atoms with Crippen LogP contribution in [0.15, 0.2) is 18.2 Å². The summed E-state index contributed by atoms with van der Waals surface area (Å²) < 4.78 is 0. The van der Waals surface area contributed by atoms with Gasteiger partial charge in [-0.15, -0.1) is 0 Å². The van der Waals surface area contributed by atoms with Gasteiger partial charge < -0.3 is 0 Å². The predicted octanol–water partition coefficient (Wildman–Crippen LogP) is 4.57. The van der Waals surface area contributed by atoms with E-state index in [0.29, 0.717) is 0 Å². The standard InChI is InChI=1S/C16H24O/c1-4-6-8-14-10-11-15(13(3)17)12-16(14)9-7-5-2/h10-12H,4-9H2,1-3H3. The molecule has 0 saturated carbocycles. The van der Waals surface area contributed by atoms with Crippen molar-refractivity contribution in [2.24, 2.45) is 0 Å². The van der Waals surface area contributed by atoms with Gasteiger partial charge in [0.25, 0.3) is 0 Å². The van der Waals surface area contributed by atoms with Crippen molar-refractivity contribution in [2.45, 2.75) is 59.3 Å². The number of carbonyl (C=O) groups excluding carboxylic acids is 1. The number of carbonyl (C=O) groups is 1. The van der Waals surface area contributed by atoms with Crippen LogP contribution in [-0.2, 0) is 12.8 Å². The maximum absolute atomic E-state index is 11.4. The van der Waals surface area contributed by atoms with Gasteiger partial charge in [-0.05, 0) is 49.8 Å². The summed E-state index contributed by atoms with van der Waals surface area (Å²) in [7, 11) is 0. The molecule has 0 aliphatic rings. The molecule has 0 atom stereocenters. The Kier molecular flexibility index (Phi) is 5.96. The second kappa shape index (κ2) is 7.26. The maximum atomic E-state index is 11.4.